The summed E-state index contributed by atoms with van der Waals surface area (Å²) in [5.41, 5.74) is 11.7. The van der Waals surface area contributed by atoms with Gasteiger partial charge in [0.05, 0.1) is 47.5 Å². The Morgan fingerprint density at radius 3 is 1.37 bits per heavy atom. The molecule has 2 aliphatic rings. The van der Waals surface area contributed by atoms with Crippen LogP contribution in [-0.2, 0) is 20.0 Å². The summed E-state index contributed by atoms with van der Waals surface area (Å²) in [5, 5.41) is 28.8. The van der Waals surface area contributed by atoms with Gasteiger partial charge in [0.1, 0.15) is 0 Å². The van der Waals surface area contributed by atoms with Crippen molar-refractivity contribution in [2.45, 2.75) is 34.7 Å². The Balaban J connectivity index is 0.894. The van der Waals surface area contributed by atoms with E-state index in [1.807, 2.05) is 0 Å². The van der Waals surface area contributed by atoms with Crippen LogP contribution in [0.4, 0.5) is 11.4 Å². The van der Waals surface area contributed by atoms with Crippen molar-refractivity contribution in [2.75, 3.05) is 23.7 Å². The standard InChI is InChI=1S/C45H40N6O9S2/c1-59-43-23-29(13-19-41(43)52)39-25-37(46-48-39)27-9-15-33(16-10-27)50-61(55,56)35-7-3-5-31(21-35)45(54)32-6-4-8-36(22-32)62(57,58)51-34-17-11-28(12-18-34)38-26-40(49-47-38)30-14-20-42(53)44(24-30)60-2/h3-24,39-40,48-53H,25-26H2,1-2H3. The van der Waals surface area contributed by atoms with Gasteiger partial charge in [-0.15, -0.1) is 0 Å². The fraction of sp³-hybridized carbons (Fsp3) is 0.133. The number of carbonyl (C=O) groups is 1. The van der Waals surface area contributed by atoms with Crippen LogP contribution in [-0.4, -0.2) is 58.5 Å². The minimum Gasteiger partial charge on any atom is -0.504 e. The highest BCUT2D eigenvalue weighted by atomic mass is 32.2. The second-order valence-electron chi connectivity index (χ2n) is 14.5. The van der Waals surface area contributed by atoms with Gasteiger partial charge in [0, 0.05) is 35.3 Å². The molecule has 2 heterocycles. The van der Waals surface area contributed by atoms with E-state index in [1.165, 1.54) is 62.8 Å². The third kappa shape index (κ3) is 8.75. The van der Waals surface area contributed by atoms with Crippen LogP contribution in [0.25, 0.3) is 0 Å². The van der Waals surface area contributed by atoms with E-state index in [0.29, 0.717) is 35.7 Å². The van der Waals surface area contributed by atoms with Gasteiger partial charge in [0.2, 0.25) is 0 Å². The average Bonchev–Trinajstić information content (AvgIpc) is 3.99. The van der Waals surface area contributed by atoms with Gasteiger partial charge in [-0.1, -0.05) is 60.7 Å². The molecule has 62 heavy (non-hydrogen) atoms. The molecule has 0 aliphatic carbocycles. The summed E-state index contributed by atoms with van der Waals surface area (Å²) in [5.74, 6) is 0.224. The summed E-state index contributed by atoms with van der Waals surface area (Å²) < 4.78 is 69.5. The number of hydrazone groups is 2. The molecule has 15 nitrogen and oxygen atoms in total. The van der Waals surface area contributed by atoms with Gasteiger partial charge in [-0.3, -0.25) is 14.2 Å². The van der Waals surface area contributed by atoms with Crippen LogP contribution in [0.3, 0.4) is 0 Å². The van der Waals surface area contributed by atoms with Crippen molar-refractivity contribution in [1.29, 1.82) is 0 Å². The van der Waals surface area contributed by atoms with Gasteiger partial charge in [-0.2, -0.15) is 10.2 Å². The number of hydrogen-bond acceptors (Lipinski definition) is 13. The van der Waals surface area contributed by atoms with Crippen LogP contribution in [0.1, 0.15) is 63.1 Å². The first-order valence-corrected chi connectivity index (χ1v) is 22.2. The van der Waals surface area contributed by atoms with Crippen molar-refractivity contribution < 1.29 is 41.3 Å². The van der Waals surface area contributed by atoms with E-state index in [1.54, 1.807) is 84.9 Å². The zero-order valence-electron chi connectivity index (χ0n) is 33.2. The second kappa shape index (κ2) is 16.9. The highest BCUT2D eigenvalue weighted by Crippen LogP contribution is 2.34. The van der Waals surface area contributed by atoms with Crippen LogP contribution >= 0.6 is 0 Å². The fourth-order valence-corrected chi connectivity index (χ4v) is 9.33. The Hall–Kier alpha value is -7.37. The Labute approximate surface area is 357 Å². The molecule has 2 unspecified atom stereocenters. The molecular formula is C45H40N6O9S2. The summed E-state index contributed by atoms with van der Waals surface area (Å²) in [4.78, 5) is 13.4. The molecule has 0 fully saturated rings. The van der Waals surface area contributed by atoms with Gasteiger partial charge in [-0.25, -0.2) is 16.8 Å². The second-order valence-corrected chi connectivity index (χ2v) is 17.9. The highest BCUT2D eigenvalue weighted by Gasteiger charge is 2.25. The number of phenols is 2. The number of rotatable bonds is 14. The predicted molar refractivity (Wildman–Crippen MR) is 234 cm³/mol. The molecule has 0 aromatic heterocycles. The number of ketones is 1. The summed E-state index contributed by atoms with van der Waals surface area (Å²) >= 11 is 0. The van der Waals surface area contributed by atoms with Crippen molar-refractivity contribution in [1.82, 2.24) is 10.9 Å². The molecular weight excluding hydrogens is 833 g/mol. The van der Waals surface area contributed by atoms with E-state index < -0.39 is 25.8 Å². The van der Waals surface area contributed by atoms with E-state index in [4.69, 9.17) is 9.47 Å². The largest absolute Gasteiger partial charge is 0.504 e. The van der Waals surface area contributed by atoms with Gasteiger partial charge in [0.15, 0.2) is 28.8 Å². The molecule has 6 N–H and O–H groups in total. The average molecular weight is 873 g/mol. The molecule has 316 valence electrons. The number of ether oxygens (including phenoxy) is 2. The Morgan fingerprint density at radius 2 is 0.984 bits per heavy atom. The molecule has 2 atom stereocenters. The van der Waals surface area contributed by atoms with Crippen molar-refractivity contribution >= 4 is 48.6 Å². The maximum absolute atomic E-state index is 13.7. The molecule has 0 spiro atoms. The highest BCUT2D eigenvalue weighted by molar-refractivity contribution is 7.93. The Bertz CT molecular complexity index is 2780. The fourth-order valence-electron chi connectivity index (χ4n) is 7.12. The topological polar surface area (TPSA) is 217 Å². The van der Waals surface area contributed by atoms with Crippen molar-refractivity contribution in [3.63, 3.8) is 0 Å². The number of phenolic OH excluding ortho intramolecular Hbond substituents is 2. The van der Waals surface area contributed by atoms with Gasteiger partial charge in [-0.05, 0) is 95.1 Å². The van der Waals surface area contributed by atoms with Crippen LogP contribution in [0.2, 0.25) is 0 Å². The maximum Gasteiger partial charge on any atom is 0.261 e. The van der Waals surface area contributed by atoms with E-state index in [2.05, 4.69) is 30.5 Å². The molecule has 17 heteroatoms. The van der Waals surface area contributed by atoms with Crippen molar-refractivity contribution in [3.8, 4) is 23.0 Å². The molecule has 0 saturated heterocycles. The predicted octanol–water partition coefficient (Wildman–Crippen LogP) is 6.83. The first-order valence-electron chi connectivity index (χ1n) is 19.2. The SMILES string of the molecule is COc1cc(C2CC(c3ccc(NS(=O)(=O)c4cccc(C(=O)c5cccc(S(=O)(=O)Nc6ccc(C7=NNC(c8ccc(O)c(OC)c8)C7)cc6)c5)c4)cc3)=NN2)ccc1O. The zero-order valence-corrected chi connectivity index (χ0v) is 34.9. The molecule has 0 radical (unpaired) electrons. The lowest BCUT2D eigenvalue weighted by atomic mass is 9.99. The number of anilines is 2. The van der Waals surface area contributed by atoms with E-state index in [0.717, 1.165) is 33.7 Å². The summed E-state index contributed by atoms with van der Waals surface area (Å²) in [6, 6.07) is 34.4. The number of aromatic hydroxyl groups is 2. The molecule has 0 bridgehead atoms. The number of nitrogens with zero attached hydrogens (tertiary/aromatic N) is 2. The Morgan fingerprint density at radius 1 is 0.581 bits per heavy atom. The summed E-state index contributed by atoms with van der Waals surface area (Å²) in [6.07, 6.45) is 1.10. The monoisotopic (exact) mass is 872 g/mol. The third-order valence-electron chi connectivity index (χ3n) is 10.5. The van der Waals surface area contributed by atoms with Crippen LogP contribution in [0, 0.1) is 0 Å². The molecule has 6 aromatic rings. The number of methoxy groups -OCH3 is 2. The normalized spacial score (nSPS) is 16.0. The number of nitrogens with one attached hydrogen (secondary N) is 4. The number of carbonyl (C=O) groups excluding carboxylic acids is 1. The zero-order chi connectivity index (χ0) is 43.6. The quantitative estimate of drug-likeness (QED) is 0.0624. The molecule has 2 aliphatic heterocycles. The number of hydrogen-bond donors (Lipinski definition) is 6. The minimum atomic E-state index is -4.14. The molecule has 6 aromatic carbocycles. The molecule has 0 saturated carbocycles. The summed E-state index contributed by atoms with van der Waals surface area (Å²) in [7, 11) is -5.32. The first-order chi connectivity index (χ1) is 29.8. The summed E-state index contributed by atoms with van der Waals surface area (Å²) in [6.45, 7) is 0. The van der Waals surface area contributed by atoms with Crippen LogP contribution in [0.15, 0.2) is 153 Å². The van der Waals surface area contributed by atoms with Gasteiger partial charge >= 0.3 is 0 Å². The third-order valence-corrected chi connectivity index (χ3v) is 13.2. The lowest BCUT2D eigenvalue weighted by Gasteiger charge is -2.13. The smallest absolute Gasteiger partial charge is 0.261 e. The van der Waals surface area contributed by atoms with E-state index >= 15 is 0 Å². The lowest BCUT2D eigenvalue weighted by molar-refractivity contribution is 0.103. The van der Waals surface area contributed by atoms with E-state index in [-0.39, 0.29) is 44.5 Å². The minimum absolute atomic E-state index is 0.0399. The van der Waals surface area contributed by atoms with Crippen LogP contribution < -0.4 is 29.8 Å². The first kappa shape index (κ1) is 41.4. The number of sulfonamides is 2. The molecule has 8 rings (SSSR count). The van der Waals surface area contributed by atoms with Crippen molar-refractivity contribution in [3.05, 3.63) is 167 Å². The lowest BCUT2D eigenvalue weighted by Crippen LogP contribution is -2.15. The molecule has 0 amide bonds. The maximum atomic E-state index is 13.7. The van der Waals surface area contributed by atoms with Crippen LogP contribution in [0.5, 0.6) is 23.0 Å². The number of benzene rings is 6. The Kier molecular flexibility index (Phi) is 11.3. The van der Waals surface area contributed by atoms with Gasteiger partial charge < -0.3 is 30.5 Å². The van der Waals surface area contributed by atoms with Gasteiger partial charge in [0.25, 0.3) is 20.0 Å². The van der Waals surface area contributed by atoms with E-state index in [9.17, 15) is 31.8 Å². The van der Waals surface area contributed by atoms with Crippen molar-refractivity contribution in [2.24, 2.45) is 10.2 Å².